The monoisotopic (exact) mass is 345 g/mol. The molecule has 2 saturated heterocycles. The number of likely N-dealkylation sites (tertiary alicyclic amines) is 2. The van der Waals surface area contributed by atoms with Crippen molar-refractivity contribution in [1.29, 1.82) is 0 Å². The van der Waals surface area contributed by atoms with E-state index in [9.17, 15) is 4.79 Å². The third kappa shape index (κ3) is 3.23. The lowest BCUT2D eigenvalue weighted by molar-refractivity contribution is -0.133. The molecule has 128 valence electrons. The van der Waals surface area contributed by atoms with Gasteiger partial charge in [-0.1, -0.05) is 6.07 Å². The molecule has 1 amide bonds. The molecule has 2 aliphatic rings. The Kier molecular flexibility index (Phi) is 4.62. The Bertz CT molecular complexity index is 657. The second-order valence-corrected chi connectivity index (χ2v) is 7.62. The predicted octanol–water partition coefficient (Wildman–Crippen LogP) is 2.17. The molecule has 6 nitrogen and oxygen atoms in total. The van der Waals surface area contributed by atoms with Crippen LogP contribution in [0.4, 0.5) is 0 Å². The summed E-state index contributed by atoms with van der Waals surface area (Å²) in [7, 11) is 0. The largest absolute Gasteiger partial charge is 0.334 e. The highest BCUT2D eigenvalue weighted by Gasteiger charge is 2.33. The van der Waals surface area contributed by atoms with Gasteiger partial charge in [0.1, 0.15) is 12.7 Å². The summed E-state index contributed by atoms with van der Waals surface area (Å²) in [5, 5.41) is 6.30. The fourth-order valence-corrected chi connectivity index (χ4v) is 4.83. The molecular formula is C17H23N5OS. The van der Waals surface area contributed by atoms with Crippen LogP contribution in [-0.2, 0) is 11.3 Å². The lowest BCUT2D eigenvalue weighted by Gasteiger charge is -2.29. The van der Waals surface area contributed by atoms with Crippen molar-refractivity contribution < 1.29 is 4.79 Å². The molecule has 24 heavy (non-hydrogen) atoms. The van der Waals surface area contributed by atoms with E-state index in [2.05, 4.69) is 37.4 Å². The maximum atomic E-state index is 12.9. The van der Waals surface area contributed by atoms with E-state index in [1.807, 2.05) is 4.68 Å². The van der Waals surface area contributed by atoms with Crippen LogP contribution in [0.15, 0.2) is 30.2 Å². The van der Waals surface area contributed by atoms with E-state index in [1.54, 1.807) is 24.0 Å². The summed E-state index contributed by atoms with van der Waals surface area (Å²) in [4.78, 5) is 22.7. The third-order valence-electron chi connectivity index (χ3n) is 5.15. The fraction of sp³-hybridized carbons (Fsp3) is 0.588. The normalized spacial score (nSPS) is 24.8. The number of hydrogen-bond acceptors (Lipinski definition) is 5. The number of nitrogens with zero attached hydrogens (tertiary/aromatic N) is 5. The van der Waals surface area contributed by atoms with Gasteiger partial charge in [0.15, 0.2) is 0 Å². The van der Waals surface area contributed by atoms with Crippen LogP contribution in [0.1, 0.15) is 36.6 Å². The van der Waals surface area contributed by atoms with Crippen molar-refractivity contribution in [1.82, 2.24) is 24.6 Å². The number of carbonyl (C=O) groups is 1. The highest BCUT2D eigenvalue weighted by atomic mass is 32.1. The van der Waals surface area contributed by atoms with Crippen LogP contribution in [0.3, 0.4) is 0 Å². The van der Waals surface area contributed by atoms with Crippen molar-refractivity contribution >= 4 is 17.2 Å². The van der Waals surface area contributed by atoms with E-state index in [-0.39, 0.29) is 11.9 Å². The average Bonchev–Trinajstić information content (AvgIpc) is 3.37. The summed E-state index contributed by atoms with van der Waals surface area (Å²) in [5.74, 6) is 0.274. The van der Waals surface area contributed by atoms with Crippen molar-refractivity contribution in [2.45, 2.75) is 44.3 Å². The van der Waals surface area contributed by atoms with Crippen LogP contribution in [0.2, 0.25) is 0 Å². The maximum absolute atomic E-state index is 12.9. The molecule has 2 aromatic rings. The highest BCUT2D eigenvalue weighted by molar-refractivity contribution is 7.10. The quantitative estimate of drug-likeness (QED) is 0.833. The van der Waals surface area contributed by atoms with Crippen molar-refractivity contribution in [2.75, 3.05) is 19.6 Å². The van der Waals surface area contributed by atoms with Crippen molar-refractivity contribution in [2.24, 2.45) is 0 Å². The first-order chi connectivity index (χ1) is 11.8. The van der Waals surface area contributed by atoms with Gasteiger partial charge in [-0.15, -0.1) is 11.3 Å². The standard InChI is InChI=1S/C17H23N5OS/c23-17(22-8-2-5-15(22)16-6-3-9-24-16)11-20-7-1-4-14(20)10-21-13-18-12-19-21/h3,6,9,12-15H,1-2,4-5,7-8,10-11H2/t14-,15+/m0/s1. The van der Waals surface area contributed by atoms with Gasteiger partial charge in [0.2, 0.25) is 5.91 Å². The van der Waals surface area contributed by atoms with Gasteiger partial charge in [-0.3, -0.25) is 14.4 Å². The Hall–Kier alpha value is -1.73. The third-order valence-corrected chi connectivity index (χ3v) is 6.12. The van der Waals surface area contributed by atoms with E-state index >= 15 is 0 Å². The summed E-state index contributed by atoms with van der Waals surface area (Å²) >= 11 is 1.76. The van der Waals surface area contributed by atoms with Crippen molar-refractivity contribution in [3.8, 4) is 0 Å². The summed E-state index contributed by atoms with van der Waals surface area (Å²) in [6.07, 6.45) is 7.81. The van der Waals surface area contributed by atoms with Crippen LogP contribution in [-0.4, -0.2) is 56.1 Å². The van der Waals surface area contributed by atoms with E-state index < -0.39 is 0 Å². The van der Waals surface area contributed by atoms with Gasteiger partial charge in [-0.2, -0.15) is 5.10 Å². The SMILES string of the molecule is O=C(CN1CCC[C@H]1Cn1cncn1)N1CCC[C@@H]1c1cccs1. The van der Waals surface area contributed by atoms with Crippen LogP contribution in [0.25, 0.3) is 0 Å². The van der Waals surface area contributed by atoms with E-state index in [1.165, 1.54) is 4.88 Å². The fourth-order valence-electron chi connectivity index (χ4n) is 3.96. The van der Waals surface area contributed by atoms with Crippen LogP contribution in [0.5, 0.6) is 0 Å². The lowest BCUT2D eigenvalue weighted by Crippen LogP contribution is -2.43. The van der Waals surface area contributed by atoms with Gasteiger partial charge in [-0.05, 0) is 43.7 Å². The number of aromatic nitrogens is 3. The van der Waals surface area contributed by atoms with Gasteiger partial charge < -0.3 is 4.90 Å². The summed E-state index contributed by atoms with van der Waals surface area (Å²) in [5.41, 5.74) is 0. The topological polar surface area (TPSA) is 54.3 Å². The number of carbonyl (C=O) groups excluding carboxylic acids is 1. The minimum atomic E-state index is 0.274. The molecular weight excluding hydrogens is 322 g/mol. The lowest BCUT2D eigenvalue weighted by atomic mass is 10.2. The minimum absolute atomic E-state index is 0.274. The van der Waals surface area contributed by atoms with Gasteiger partial charge in [-0.25, -0.2) is 4.98 Å². The van der Waals surface area contributed by atoms with Gasteiger partial charge in [0.05, 0.1) is 19.1 Å². The highest BCUT2D eigenvalue weighted by Crippen LogP contribution is 2.34. The second kappa shape index (κ2) is 7.03. The number of hydrogen-bond donors (Lipinski definition) is 0. The molecule has 0 N–H and O–H groups in total. The second-order valence-electron chi connectivity index (χ2n) is 6.64. The molecule has 0 bridgehead atoms. The first-order valence-corrected chi connectivity index (χ1v) is 9.58. The molecule has 4 rings (SSSR count). The zero-order valence-electron chi connectivity index (χ0n) is 13.8. The Balaban J connectivity index is 1.39. The van der Waals surface area contributed by atoms with Gasteiger partial charge >= 0.3 is 0 Å². The van der Waals surface area contributed by atoms with Crippen molar-refractivity contribution in [3.63, 3.8) is 0 Å². The first kappa shape index (κ1) is 15.8. The molecule has 0 saturated carbocycles. The van der Waals surface area contributed by atoms with Crippen LogP contribution in [0, 0.1) is 0 Å². The Morgan fingerprint density at radius 2 is 2.21 bits per heavy atom. The van der Waals surface area contributed by atoms with Crippen LogP contribution >= 0.6 is 11.3 Å². The van der Waals surface area contributed by atoms with Crippen molar-refractivity contribution in [3.05, 3.63) is 35.0 Å². The molecule has 7 heteroatoms. The van der Waals surface area contributed by atoms with E-state index in [0.717, 1.165) is 45.3 Å². The maximum Gasteiger partial charge on any atom is 0.237 e. The van der Waals surface area contributed by atoms with E-state index in [0.29, 0.717) is 12.6 Å². The van der Waals surface area contributed by atoms with Gasteiger partial charge in [0.25, 0.3) is 0 Å². The molecule has 0 aliphatic carbocycles. The summed E-state index contributed by atoms with van der Waals surface area (Å²) in [6, 6.07) is 4.91. The molecule has 0 spiro atoms. The zero-order chi connectivity index (χ0) is 16.4. The molecule has 2 aromatic heterocycles. The molecule has 2 fully saturated rings. The molecule has 0 radical (unpaired) electrons. The molecule has 0 unspecified atom stereocenters. The number of amides is 1. The number of thiophene rings is 1. The average molecular weight is 345 g/mol. The molecule has 0 aromatic carbocycles. The smallest absolute Gasteiger partial charge is 0.237 e. The molecule has 2 atom stereocenters. The molecule has 2 aliphatic heterocycles. The zero-order valence-corrected chi connectivity index (χ0v) is 14.6. The Labute approximate surface area is 146 Å². The predicted molar refractivity (Wildman–Crippen MR) is 92.6 cm³/mol. The summed E-state index contributed by atoms with van der Waals surface area (Å²) in [6.45, 7) is 3.24. The van der Waals surface area contributed by atoms with Crippen LogP contribution < -0.4 is 0 Å². The Morgan fingerprint density at radius 3 is 3.00 bits per heavy atom. The minimum Gasteiger partial charge on any atom is -0.334 e. The first-order valence-electron chi connectivity index (χ1n) is 8.70. The van der Waals surface area contributed by atoms with Gasteiger partial charge in [0, 0.05) is 17.5 Å². The summed E-state index contributed by atoms with van der Waals surface area (Å²) < 4.78 is 1.87. The van der Waals surface area contributed by atoms with E-state index in [4.69, 9.17) is 0 Å². The number of rotatable bonds is 5. The Morgan fingerprint density at radius 1 is 1.29 bits per heavy atom. The molecule has 4 heterocycles.